The Morgan fingerprint density at radius 3 is 2.21 bits per heavy atom. The number of nitrogens with one attached hydrogen (secondary N) is 1. The average Bonchev–Trinajstić information content (AvgIpc) is 2.96. The number of amides is 2. The van der Waals surface area contributed by atoms with E-state index in [0.717, 1.165) is 53.5 Å². The quantitative estimate of drug-likeness (QED) is 0.315. The summed E-state index contributed by atoms with van der Waals surface area (Å²) < 4.78 is 29.4. The number of rotatable bonds is 10. The van der Waals surface area contributed by atoms with Crippen LogP contribution < -0.4 is 9.62 Å². The normalized spacial score (nSPS) is 14.7. The number of aryl methyl sites for hydroxylation is 3. The van der Waals surface area contributed by atoms with Gasteiger partial charge in [0.05, 0.1) is 10.6 Å². The number of hydrogen-bond donors (Lipinski definition) is 1. The van der Waals surface area contributed by atoms with Crippen LogP contribution in [0.3, 0.4) is 0 Å². The van der Waals surface area contributed by atoms with Crippen LogP contribution in [0.2, 0.25) is 0 Å². The van der Waals surface area contributed by atoms with Crippen LogP contribution in [0.5, 0.6) is 0 Å². The number of sulfonamides is 1. The fraction of sp³-hybridized carbons (Fsp3) is 0.412. The minimum Gasteiger partial charge on any atom is -0.352 e. The highest BCUT2D eigenvalue weighted by molar-refractivity contribution is 7.92. The maximum atomic E-state index is 14.2. The van der Waals surface area contributed by atoms with Crippen molar-refractivity contribution in [3.63, 3.8) is 0 Å². The van der Waals surface area contributed by atoms with Gasteiger partial charge in [0.25, 0.3) is 10.0 Å². The first kappa shape index (κ1) is 31.3. The molecule has 3 aromatic carbocycles. The molecule has 1 aliphatic rings. The Hall–Kier alpha value is -3.65. The molecule has 0 spiro atoms. The minimum absolute atomic E-state index is 0.0954. The number of carbonyl (C=O) groups is 2. The number of benzene rings is 3. The molecular formula is C34H43N3O4S. The predicted molar refractivity (Wildman–Crippen MR) is 168 cm³/mol. The molecule has 2 amide bonds. The summed E-state index contributed by atoms with van der Waals surface area (Å²) in [4.78, 5) is 29.3. The third-order valence-electron chi connectivity index (χ3n) is 8.29. The van der Waals surface area contributed by atoms with Crippen molar-refractivity contribution in [1.82, 2.24) is 10.2 Å². The Labute approximate surface area is 251 Å². The summed E-state index contributed by atoms with van der Waals surface area (Å²) >= 11 is 0. The first-order valence-corrected chi connectivity index (χ1v) is 16.2. The molecule has 1 aliphatic carbocycles. The fourth-order valence-electron chi connectivity index (χ4n) is 5.52. The third-order valence-corrected chi connectivity index (χ3v) is 10.1. The Kier molecular flexibility index (Phi) is 10.1. The van der Waals surface area contributed by atoms with E-state index in [9.17, 15) is 18.0 Å². The molecule has 0 unspecified atom stereocenters. The summed E-state index contributed by atoms with van der Waals surface area (Å²) in [5.74, 6) is -0.665. The highest BCUT2D eigenvalue weighted by Crippen LogP contribution is 2.29. The molecule has 1 atom stereocenters. The second-order valence-corrected chi connectivity index (χ2v) is 13.4. The lowest BCUT2D eigenvalue weighted by molar-refractivity contribution is -0.139. The van der Waals surface area contributed by atoms with Crippen molar-refractivity contribution in [1.29, 1.82) is 0 Å². The van der Waals surface area contributed by atoms with Crippen LogP contribution >= 0.6 is 0 Å². The van der Waals surface area contributed by atoms with E-state index in [-0.39, 0.29) is 23.4 Å². The Balaban J connectivity index is 1.71. The van der Waals surface area contributed by atoms with Crippen LogP contribution in [0.15, 0.2) is 71.6 Å². The van der Waals surface area contributed by atoms with Gasteiger partial charge < -0.3 is 10.2 Å². The molecule has 1 N–H and O–H groups in total. The molecule has 0 heterocycles. The van der Waals surface area contributed by atoms with E-state index in [1.54, 1.807) is 43.3 Å². The molecule has 0 saturated heterocycles. The first-order valence-electron chi connectivity index (χ1n) is 14.8. The van der Waals surface area contributed by atoms with Gasteiger partial charge in [-0.15, -0.1) is 0 Å². The van der Waals surface area contributed by atoms with Crippen LogP contribution in [0, 0.1) is 27.7 Å². The van der Waals surface area contributed by atoms with Crippen LogP contribution in [0.4, 0.5) is 5.69 Å². The number of hydrogen-bond acceptors (Lipinski definition) is 4. The molecule has 0 bridgehead atoms. The zero-order valence-corrected chi connectivity index (χ0v) is 26.2. The minimum atomic E-state index is -4.10. The Bertz CT molecular complexity index is 1510. The van der Waals surface area contributed by atoms with Crippen molar-refractivity contribution in [3.8, 4) is 0 Å². The summed E-state index contributed by atoms with van der Waals surface area (Å²) in [6, 6.07) is 19.2. The molecule has 0 aliphatic heterocycles. The highest BCUT2D eigenvalue weighted by Gasteiger charge is 2.34. The second-order valence-electron chi connectivity index (χ2n) is 11.6. The fourth-order valence-corrected chi connectivity index (χ4v) is 6.99. The predicted octanol–water partition coefficient (Wildman–Crippen LogP) is 5.98. The van der Waals surface area contributed by atoms with E-state index >= 15 is 0 Å². The Morgan fingerprint density at radius 2 is 1.55 bits per heavy atom. The number of carbonyl (C=O) groups excluding carboxylic acids is 2. The molecule has 1 saturated carbocycles. The monoisotopic (exact) mass is 589 g/mol. The molecule has 8 heteroatoms. The van der Waals surface area contributed by atoms with E-state index in [1.165, 1.54) is 15.6 Å². The molecular weight excluding hydrogens is 546 g/mol. The molecule has 7 nitrogen and oxygen atoms in total. The van der Waals surface area contributed by atoms with Gasteiger partial charge in [0.2, 0.25) is 11.8 Å². The molecule has 42 heavy (non-hydrogen) atoms. The van der Waals surface area contributed by atoms with E-state index < -0.39 is 28.5 Å². The summed E-state index contributed by atoms with van der Waals surface area (Å²) in [7, 11) is -4.10. The van der Waals surface area contributed by atoms with E-state index in [0.29, 0.717) is 5.69 Å². The summed E-state index contributed by atoms with van der Waals surface area (Å²) in [5.41, 5.74) is 4.98. The van der Waals surface area contributed by atoms with Crippen LogP contribution in [0.1, 0.15) is 66.8 Å². The molecule has 224 valence electrons. The zero-order valence-electron chi connectivity index (χ0n) is 25.4. The number of nitrogens with zero attached hydrogens (tertiary/aromatic N) is 2. The summed E-state index contributed by atoms with van der Waals surface area (Å²) in [6.07, 6.45) is 5.18. The molecule has 0 aromatic heterocycles. The molecule has 4 rings (SSSR count). The lowest BCUT2D eigenvalue weighted by atomic mass is 9.95. The highest BCUT2D eigenvalue weighted by atomic mass is 32.2. The van der Waals surface area contributed by atoms with Gasteiger partial charge in [-0.25, -0.2) is 8.42 Å². The van der Waals surface area contributed by atoms with Crippen molar-refractivity contribution in [3.05, 3.63) is 94.5 Å². The van der Waals surface area contributed by atoms with Crippen LogP contribution in [-0.2, 0) is 26.2 Å². The van der Waals surface area contributed by atoms with Gasteiger partial charge in [-0.3, -0.25) is 13.9 Å². The van der Waals surface area contributed by atoms with Crippen LogP contribution in [-0.4, -0.2) is 43.8 Å². The lowest BCUT2D eigenvalue weighted by Crippen LogP contribution is -2.53. The van der Waals surface area contributed by atoms with E-state index in [2.05, 4.69) is 5.32 Å². The molecule has 0 radical (unpaired) electrons. The van der Waals surface area contributed by atoms with Gasteiger partial charge in [-0.1, -0.05) is 78.9 Å². The van der Waals surface area contributed by atoms with Gasteiger partial charge in [0.1, 0.15) is 12.6 Å². The SMILES string of the molecule is Cc1ccc(S(=O)(=O)N(CC(=O)N(Cc2cccc(C)c2)[C@H](C)C(=O)NC2CCCCC2)c2cccc(C)c2C)cc1. The first-order chi connectivity index (χ1) is 20.0. The lowest BCUT2D eigenvalue weighted by Gasteiger charge is -2.33. The average molecular weight is 590 g/mol. The maximum Gasteiger partial charge on any atom is 0.264 e. The molecule has 1 fully saturated rings. The van der Waals surface area contributed by atoms with E-state index in [1.807, 2.05) is 58.0 Å². The largest absolute Gasteiger partial charge is 0.352 e. The number of anilines is 1. The van der Waals surface area contributed by atoms with Gasteiger partial charge >= 0.3 is 0 Å². The van der Waals surface area contributed by atoms with E-state index in [4.69, 9.17) is 0 Å². The summed E-state index contributed by atoms with van der Waals surface area (Å²) in [6.45, 7) is 9.12. The smallest absolute Gasteiger partial charge is 0.264 e. The van der Waals surface area contributed by atoms with Gasteiger partial charge in [0, 0.05) is 12.6 Å². The second kappa shape index (κ2) is 13.6. The van der Waals surface area contributed by atoms with Gasteiger partial charge in [-0.05, 0) is 82.3 Å². The standard InChI is InChI=1S/C34H43N3O4S/c1-24-17-19-31(20-18-24)42(40,41)37(32-16-10-12-26(3)27(32)4)23-33(38)36(22-29-13-9-11-25(2)21-29)28(5)34(39)35-30-14-7-6-8-15-30/h9-13,16-21,28,30H,6-8,14-15,22-23H2,1-5H3,(H,35,39)/t28-/m1/s1. The zero-order chi connectivity index (χ0) is 30.4. The third kappa shape index (κ3) is 7.40. The topological polar surface area (TPSA) is 86.8 Å². The van der Waals surface area contributed by atoms with Gasteiger partial charge in [0.15, 0.2) is 0 Å². The maximum absolute atomic E-state index is 14.2. The van der Waals surface area contributed by atoms with Crippen LogP contribution in [0.25, 0.3) is 0 Å². The van der Waals surface area contributed by atoms with Gasteiger partial charge in [-0.2, -0.15) is 0 Å². The Morgan fingerprint density at radius 1 is 0.881 bits per heavy atom. The molecule has 3 aromatic rings. The van der Waals surface area contributed by atoms with Crippen molar-refractivity contribution in [2.24, 2.45) is 0 Å². The van der Waals surface area contributed by atoms with Crippen molar-refractivity contribution >= 4 is 27.5 Å². The summed E-state index contributed by atoms with van der Waals surface area (Å²) in [5, 5.41) is 3.15. The van der Waals surface area contributed by atoms with Crippen molar-refractivity contribution in [2.45, 2.75) is 90.2 Å². The van der Waals surface area contributed by atoms with Crippen molar-refractivity contribution in [2.75, 3.05) is 10.8 Å². The van der Waals surface area contributed by atoms with Crippen molar-refractivity contribution < 1.29 is 18.0 Å².